The molecule has 1 heterocycles. The van der Waals surface area contributed by atoms with E-state index in [0.29, 0.717) is 16.7 Å². The second-order valence-corrected chi connectivity index (χ2v) is 6.76. The van der Waals surface area contributed by atoms with Crippen molar-refractivity contribution in [2.75, 3.05) is 12.4 Å². The zero-order chi connectivity index (χ0) is 18.5. The highest BCUT2D eigenvalue weighted by molar-refractivity contribution is 8.00. The van der Waals surface area contributed by atoms with E-state index in [1.807, 2.05) is 24.3 Å². The number of aromatic nitrogens is 3. The van der Waals surface area contributed by atoms with Crippen LogP contribution in [0.3, 0.4) is 0 Å². The van der Waals surface area contributed by atoms with Gasteiger partial charge in [-0.05, 0) is 49.4 Å². The van der Waals surface area contributed by atoms with Crippen molar-refractivity contribution in [3.8, 4) is 17.1 Å². The number of amides is 1. The molecule has 0 aliphatic rings. The molecule has 0 aliphatic heterocycles. The van der Waals surface area contributed by atoms with Gasteiger partial charge in [0.25, 0.3) is 0 Å². The van der Waals surface area contributed by atoms with Crippen LogP contribution in [-0.2, 0) is 4.79 Å². The highest BCUT2D eigenvalue weighted by atomic mass is 32.2. The maximum absolute atomic E-state index is 13.2. The Morgan fingerprint density at radius 1 is 1.27 bits per heavy atom. The molecule has 2 aromatic carbocycles. The van der Waals surface area contributed by atoms with E-state index < -0.39 is 11.1 Å². The predicted molar refractivity (Wildman–Crippen MR) is 98.7 cm³/mol. The Morgan fingerprint density at radius 3 is 2.73 bits per heavy atom. The van der Waals surface area contributed by atoms with E-state index in [1.165, 1.54) is 23.9 Å². The van der Waals surface area contributed by atoms with E-state index in [4.69, 9.17) is 4.74 Å². The van der Waals surface area contributed by atoms with Gasteiger partial charge in [0.15, 0.2) is 5.82 Å². The lowest BCUT2D eigenvalue weighted by Gasteiger charge is -2.10. The highest BCUT2D eigenvalue weighted by Crippen LogP contribution is 2.24. The molecule has 6 nitrogen and oxygen atoms in total. The van der Waals surface area contributed by atoms with Gasteiger partial charge in [-0.25, -0.2) is 9.37 Å². The molecule has 1 aromatic heterocycles. The first kappa shape index (κ1) is 17.9. The standard InChI is InChI=1S/C18H17FN4O2S/c1-11(17(24)20-14-5-3-4-13(19)10-14)26-18-21-16(22-23-18)12-6-8-15(25-2)9-7-12/h3-11H,1-2H3,(H,20,24)(H,21,22,23)/t11-/m0/s1. The Kier molecular flexibility index (Phi) is 5.52. The number of H-pyrrole nitrogens is 1. The van der Waals surface area contributed by atoms with Gasteiger partial charge in [-0.15, -0.1) is 5.10 Å². The van der Waals surface area contributed by atoms with E-state index >= 15 is 0 Å². The number of aromatic amines is 1. The number of benzene rings is 2. The fourth-order valence-corrected chi connectivity index (χ4v) is 2.92. The smallest absolute Gasteiger partial charge is 0.237 e. The van der Waals surface area contributed by atoms with Gasteiger partial charge in [0.05, 0.1) is 12.4 Å². The number of anilines is 1. The van der Waals surface area contributed by atoms with Gasteiger partial charge in [0.2, 0.25) is 11.1 Å². The molecule has 0 bridgehead atoms. The lowest BCUT2D eigenvalue weighted by atomic mass is 10.2. The monoisotopic (exact) mass is 372 g/mol. The minimum absolute atomic E-state index is 0.253. The lowest BCUT2D eigenvalue weighted by molar-refractivity contribution is -0.115. The van der Waals surface area contributed by atoms with Crippen LogP contribution in [0.25, 0.3) is 11.4 Å². The first-order valence-electron chi connectivity index (χ1n) is 7.85. The van der Waals surface area contributed by atoms with Crippen molar-refractivity contribution in [1.82, 2.24) is 15.2 Å². The molecule has 0 radical (unpaired) electrons. The zero-order valence-corrected chi connectivity index (χ0v) is 15.0. The summed E-state index contributed by atoms with van der Waals surface area (Å²) in [6.45, 7) is 1.74. The molecule has 26 heavy (non-hydrogen) atoms. The van der Waals surface area contributed by atoms with Crippen LogP contribution in [0.1, 0.15) is 6.92 Å². The van der Waals surface area contributed by atoms with E-state index in [-0.39, 0.29) is 5.91 Å². The minimum Gasteiger partial charge on any atom is -0.497 e. The highest BCUT2D eigenvalue weighted by Gasteiger charge is 2.18. The maximum Gasteiger partial charge on any atom is 0.237 e. The number of ether oxygens (including phenoxy) is 1. The number of halogens is 1. The summed E-state index contributed by atoms with van der Waals surface area (Å²) < 4.78 is 18.3. The molecule has 3 aromatic rings. The number of hydrogen-bond acceptors (Lipinski definition) is 5. The second kappa shape index (κ2) is 8.01. The molecule has 1 atom stereocenters. The molecule has 3 rings (SSSR count). The Hall–Kier alpha value is -2.87. The summed E-state index contributed by atoms with van der Waals surface area (Å²) >= 11 is 1.21. The third kappa shape index (κ3) is 4.40. The number of nitrogens with zero attached hydrogens (tertiary/aromatic N) is 2. The average Bonchev–Trinajstić information content (AvgIpc) is 3.10. The Morgan fingerprint density at radius 2 is 2.04 bits per heavy atom. The number of hydrogen-bond donors (Lipinski definition) is 2. The molecule has 0 saturated carbocycles. The Bertz CT molecular complexity index is 898. The van der Waals surface area contributed by atoms with E-state index in [0.717, 1.165) is 11.3 Å². The van der Waals surface area contributed by atoms with Crippen molar-refractivity contribution in [2.24, 2.45) is 0 Å². The molecule has 1 amide bonds. The van der Waals surface area contributed by atoms with Crippen LogP contribution in [0.5, 0.6) is 5.75 Å². The molecule has 0 aliphatic carbocycles. The molecule has 0 fully saturated rings. The van der Waals surface area contributed by atoms with E-state index in [2.05, 4.69) is 20.5 Å². The summed E-state index contributed by atoms with van der Waals surface area (Å²) in [5, 5.41) is 9.68. The quantitative estimate of drug-likeness (QED) is 0.645. The Labute approximate surface area is 154 Å². The van der Waals surface area contributed by atoms with Crippen LogP contribution in [0.15, 0.2) is 53.7 Å². The topological polar surface area (TPSA) is 79.9 Å². The van der Waals surface area contributed by atoms with Gasteiger partial charge in [0.1, 0.15) is 11.6 Å². The van der Waals surface area contributed by atoms with Crippen LogP contribution >= 0.6 is 11.8 Å². The first-order chi connectivity index (χ1) is 12.5. The van der Waals surface area contributed by atoms with Gasteiger partial charge in [-0.2, -0.15) is 0 Å². The summed E-state index contributed by atoms with van der Waals surface area (Å²) in [6, 6.07) is 13.2. The summed E-state index contributed by atoms with van der Waals surface area (Å²) in [4.78, 5) is 16.6. The molecule has 134 valence electrons. The van der Waals surface area contributed by atoms with Crippen LogP contribution in [0.4, 0.5) is 10.1 Å². The number of rotatable bonds is 6. The van der Waals surface area contributed by atoms with Crippen molar-refractivity contribution in [1.29, 1.82) is 0 Å². The summed E-state index contributed by atoms with van der Waals surface area (Å²) in [7, 11) is 1.61. The first-order valence-corrected chi connectivity index (χ1v) is 8.73. The molecule has 8 heteroatoms. The van der Waals surface area contributed by atoms with Gasteiger partial charge >= 0.3 is 0 Å². The van der Waals surface area contributed by atoms with Crippen LogP contribution in [-0.4, -0.2) is 33.4 Å². The fourth-order valence-electron chi connectivity index (χ4n) is 2.20. The fraction of sp³-hybridized carbons (Fsp3) is 0.167. The molecule has 0 saturated heterocycles. The minimum atomic E-state index is -0.446. The normalized spacial score (nSPS) is 11.8. The second-order valence-electron chi connectivity index (χ2n) is 5.45. The van der Waals surface area contributed by atoms with E-state index in [9.17, 15) is 9.18 Å². The number of thioether (sulfide) groups is 1. The van der Waals surface area contributed by atoms with Gasteiger partial charge in [0, 0.05) is 11.3 Å². The van der Waals surface area contributed by atoms with Crippen molar-refractivity contribution < 1.29 is 13.9 Å². The van der Waals surface area contributed by atoms with Crippen LogP contribution < -0.4 is 10.1 Å². The molecular weight excluding hydrogens is 355 g/mol. The number of carbonyl (C=O) groups is 1. The van der Waals surface area contributed by atoms with Crippen LogP contribution in [0, 0.1) is 5.82 Å². The molecular formula is C18H17FN4O2S. The number of methoxy groups -OCH3 is 1. The lowest BCUT2D eigenvalue weighted by Crippen LogP contribution is -2.22. The number of carbonyl (C=O) groups excluding carboxylic acids is 1. The van der Waals surface area contributed by atoms with Crippen molar-refractivity contribution >= 4 is 23.4 Å². The maximum atomic E-state index is 13.2. The summed E-state index contributed by atoms with van der Waals surface area (Å²) in [5.74, 6) is 0.705. The zero-order valence-electron chi connectivity index (χ0n) is 14.2. The molecule has 2 N–H and O–H groups in total. The SMILES string of the molecule is COc1ccc(-c2nc(S[C@@H](C)C(=O)Nc3cccc(F)c3)n[nH]2)cc1. The van der Waals surface area contributed by atoms with Crippen molar-refractivity contribution in [3.05, 3.63) is 54.3 Å². The summed E-state index contributed by atoms with van der Waals surface area (Å²) in [6.07, 6.45) is 0. The number of nitrogens with one attached hydrogen (secondary N) is 2. The largest absolute Gasteiger partial charge is 0.497 e. The average molecular weight is 372 g/mol. The van der Waals surface area contributed by atoms with Gasteiger partial charge in [-0.1, -0.05) is 17.8 Å². The van der Waals surface area contributed by atoms with Gasteiger partial charge in [-0.3, -0.25) is 9.89 Å². The summed E-state index contributed by atoms with van der Waals surface area (Å²) in [5.41, 5.74) is 1.28. The third-order valence-electron chi connectivity index (χ3n) is 3.57. The third-order valence-corrected chi connectivity index (χ3v) is 4.53. The Balaban J connectivity index is 1.63. The molecule has 0 unspecified atom stereocenters. The van der Waals surface area contributed by atoms with E-state index in [1.54, 1.807) is 26.2 Å². The predicted octanol–water partition coefficient (Wildman–Crippen LogP) is 3.74. The molecule has 0 spiro atoms. The van der Waals surface area contributed by atoms with Crippen molar-refractivity contribution in [3.63, 3.8) is 0 Å². The van der Waals surface area contributed by atoms with Gasteiger partial charge < -0.3 is 10.1 Å². The van der Waals surface area contributed by atoms with Crippen molar-refractivity contribution in [2.45, 2.75) is 17.3 Å². The van der Waals surface area contributed by atoms with Crippen LogP contribution in [0.2, 0.25) is 0 Å².